The Balaban J connectivity index is 1.54. The van der Waals surface area contributed by atoms with Gasteiger partial charge in [0.25, 0.3) is 0 Å². The molecule has 0 radical (unpaired) electrons. The Labute approximate surface area is 184 Å². The molecular weight excluding hydrogens is 386 g/mol. The summed E-state index contributed by atoms with van der Waals surface area (Å²) in [7, 11) is 3.32. The molecule has 0 bridgehead atoms. The van der Waals surface area contributed by atoms with Crippen molar-refractivity contribution >= 4 is 11.6 Å². The van der Waals surface area contributed by atoms with Crippen LogP contribution < -0.4 is 14.4 Å². The van der Waals surface area contributed by atoms with E-state index in [1.54, 1.807) is 14.2 Å². The van der Waals surface area contributed by atoms with E-state index < -0.39 is 0 Å². The Kier molecular flexibility index (Phi) is 6.56. The molecule has 1 heterocycles. The van der Waals surface area contributed by atoms with Gasteiger partial charge in [-0.25, -0.2) is 0 Å². The minimum atomic E-state index is 0.0218. The quantitative estimate of drug-likeness (QED) is 0.465. The molecule has 3 aromatic carbocycles. The zero-order valence-corrected chi connectivity index (χ0v) is 18.2. The molecule has 1 aliphatic rings. The van der Waals surface area contributed by atoms with E-state index in [-0.39, 0.29) is 17.9 Å². The molecule has 31 heavy (non-hydrogen) atoms. The van der Waals surface area contributed by atoms with E-state index in [2.05, 4.69) is 36.4 Å². The average Bonchev–Trinajstić information content (AvgIpc) is 3.16. The van der Waals surface area contributed by atoms with Gasteiger partial charge in [0.15, 0.2) is 0 Å². The van der Waals surface area contributed by atoms with E-state index in [1.165, 1.54) is 5.56 Å². The molecule has 4 rings (SSSR count). The van der Waals surface area contributed by atoms with Gasteiger partial charge in [0.05, 0.1) is 20.3 Å². The van der Waals surface area contributed by atoms with E-state index in [4.69, 9.17) is 9.47 Å². The molecular formula is C27H29NO3. The lowest BCUT2D eigenvalue weighted by Gasteiger charge is -2.25. The Morgan fingerprint density at radius 1 is 0.839 bits per heavy atom. The van der Waals surface area contributed by atoms with Crippen LogP contribution in [0.5, 0.6) is 11.5 Å². The Bertz CT molecular complexity index is 983. The highest BCUT2D eigenvalue weighted by Gasteiger charge is 2.40. The third-order valence-corrected chi connectivity index (χ3v) is 6.12. The van der Waals surface area contributed by atoms with Crippen molar-refractivity contribution in [1.82, 2.24) is 0 Å². The molecule has 2 atom stereocenters. The summed E-state index contributed by atoms with van der Waals surface area (Å²) in [4.78, 5) is 15.4. The van der Waals surface area contributed by atoms with Crippen molar-refractivity contribution in [2.75, 3.05) is 19.1 Å². The largest absolute Gasteiger partial charge is 0.497 e. The SMILES string of the molecule is COc1ccc([C@@H]2C[C@@H](CCCc3ccccc3)C(=O)N2c2ccc(OC)cc2)cc1. The average molecular weight is 416 g/mol. The van der Waals surface area contributed by atoms with Crippen LogP contribution in [0.1, 0.15) is 36.4 Å². The van der Waals surface area contributed by atoms with Crippen molar-refractivity contribution in [2.24, 2.45) is 5.92 Å². The van der Waals surface area contributed by atoms with Gasteiger partial charge in [-0.05, 0) is 73.2 Å². The number of ether oxygens (including phenoxy) is 2. The second kappa shape index (κ2) is 9.69. The second-order valence-electron chi connectivity index (χ2n) is 8.01. The number of carbonyl (C=O) groups is 1. The number of nitrogens with zero attached hydrogens (tertiary/aromatic N) is 1. The molecule has 0 saturated carbocycles. The number of rotatable bonds is 8. The van der Waals surface area contributed by atoms with Gasteiger partial charge in [0, 0.05) is 11.6 Å². The van der Waals surface area contributed by atoms with Crippen LogP contribution in [-0.2, 0) is 11.2 Å². The van der Waals surface area contributed by atoms with Crippen molar-refractivity contribution < 1.29 is 14.3 Å². The molecule has 0 aromatic heterocycles. The monoisotopic (exact) mass is 415 g/mol. The molecule has 4 nitrogen and oxygen atoms in total. The summed E-state index contributed by atoms with van der Waals surface area (Å²) in [5.41, 5.74) is 3.37. The summed E-state index contributed by atoms with van der Waals surface area (Å²) < 4.78 is 10.6. The van der Waals surface area contributed by atoms with Crippen molar-refractivity contribution in [3.63, 3.8) is 0 Å². The molecule has 0 spiro atoms. The van der Waals surface area contributed by atoms with Crippen LogP contribution in [0.15, 0.2) is 78.9 Å². The lowest BCUT2D eigenvalue weighted by Crippen LogP contribution is -2.29. The highest BCUT2D eigenvalue weighted by atomic mass is 16.5. The molecule has 4 heteroatoms. The molecule has 0 N–H and O–H groups in total. The summed E-state index contributed by atoms with van der Waals surface area (Å²) >= 11 is 0. The van der Waals surface area contributed by atoms with E-state index in [1.807, 2.05) is 47.4 Å². The van der Waals surface area contributed by atoms with Gasteiger partial charge in [-0.2, -0.15) is 0 Å². The van der Waals surface area contributed by atoms with Crippen LogP contribution in [-0.4, -0.2) is 20.1 Å². The lowest BCUT2D eigenvalue weighted by atomic mass is 9.94. The number of carbonyl (C=O) groups excluding carboxylic acids is 1. The highest BCUT2D eigenvalue weighted by Crippen LogP contribution is 2.42. The summed E-state index contributed by atoms with van der Waals surface area (Å²) in [6.07, 6.45) is 3.73. The Morgan fingerprint density at radius 3 is 2.06 bits per heavy atom. The van der Waals surface area contributed by atoms with Crippen LogP contribution in [0.3, 0.4) is 0 Å². The summed E-state index contributed by atoms with van der Waals surface area (Å²) in [5, 5.41) is 0. The Hall–Kier alpha value is -3.27. The molecule has 0 aliphatic carbocycles. The van der Waals surface area contributed by atoms with Crippen LogP contribution >= 0.6 is 0 Å². The van der Waals surface area contributed by atoms with Crippen LogP contribution in [0.25, 0.3) is 0 Å². The van der Waals surface area contributed by atoms with Crippen molar-refractivity contribution in [3.8, 4) is 11.5 Å². The number of benzene rings is 3. The Morgan fingerprint density at radius 2 is 1.45 bits per heavy atom. The van der Waals surface area contributed by atoms with Gasteiger partial charge in [0.2, 0.25) is 5.91 Å². The third kappa shape index (κ3) is 4.74. The standard InChI is InChI=1S/C27H29NO3/c1-30-24-15-11-21(12-16-24)26-19-22(10-6-9-20-7-4-3-5-8-20)27(29)28(26)23-13-17-25(31-2)18-14-23/h3-5,7-8,11-18,22,26H,6,9-10,19H2,1-2H3/t22-,26+/m1/s1. The molecule has 3 aromatic rings. The first-order valence-corrected chi connectivity index (χ1v) is 10.8. The van der Waals surface area contributed by atoms with Gasteiger partial charge in [-0.3, -0.25) is 4.79 Å². The van der Waals surface area contributed by atoms with Gasteiger partial charge < -0.3 is 14.4 Å². The smallest absolute Gasteiger partial charge is 0.230 e. The number of amides is 1. The fourth-order valence-electron chi connectivity index (χ4n) is 4.43. The van der Waals surface area contributed by atoms with Crippen molar-refractivity contribution in [3.05, 3.63) is 90.0 Å². The minimum absolute atomic E-state index is 0.0218. The van der Waals surface area contributed by atoms with Gasteiger partial charge >= 0.3 is 0 Å². The van der Waals surface area contributed by atoms with E-state index >= 15 is 0 Å². The first kappa shape index (κ1) is 21.0. The van der Waals surface area contributed by atoms with Crippen LogP contribution in [0.4, 0.5) is 5.69 Å². The van der Waals surface area contributed by atoms with E-state index in [0.29, 0.717) is 0 Å². The van der Waals surface area contributed by atoms with Crippen LogP contribution in [0.2, 0.25) is 0 Å². The predicted molar refractivity (Wildman–Crippen MR) is 124 cm³/mol. The number of hydrogen-bond acceptors (Lipinski definition) is 3. The topological polar surface area (TPSA) is 38.8 Å². The highest BCUT2D eigenvalue weighted by molar-refractivity contribution is 5.98. The fourth-order valence-corrected chi connectivity index (χ4v) is 4.43. The molecule has 1 aliphatic heterocycles. The number of hydrogen-bond donors (Lipinski definition) is 0. The summed E-state index contributed by atoms with van der Waals surface area (Å²) in [6, 6.07) is 26.3. The zero-order chi connectivity index (χ0) is 21.6. The zero-order valence-electron chi connectivity index (χ0n) is 18.2. The summed E-state index contributed by atoms with van der Waals surface area (Å²) in [6.45, 7) is 0. The molecule has 0 unspecified atom stereocenters. The maximum Gasteiger partial charge on any atom is 0.230 e. The number of aryl methyl sites for hydroxylation is 1. The van der Waals surface area contributed by atoms with E-state index in [9.17, 15) is 4.79 Å². The lowest BCUT2D eigenvalue weighted by molar-refractivity contribution is -0.120. The predicted octanol–water partition coefficient (Wildman–Crippen LogP) is 5.82. The second-order valence-corrected chi connectivity index (χ2v) is 8.01. The molecule has 1 amide bonds. The van der Waals surface area contributed by atoms with E-state index in [0.717, 1.165) is 48.4 Å². The fraction of sp³-hybridized carbons (Fsp3) is 0.296. The maximum absolute atomic E-state index is 13.5. The maximum atomic E-state index is 13.5. The first-order valence-electron chi connectivity index (χ1n) is 10.8. The van der Waals surface area contributed by atoms with Gasteiger partial charge in [-0.1, -0.05) is 42.5 Å². The number of anilines is 1. The molecule has 1 saturated heterocycles. The normalized spacial score (nSPS) is 18.3. The molecule has 1 fully saturated rings. The van der Waals surface area contributed by atoms with Gasteiger partial charge in [0.1, 0.15) is 11.5 Å². The van der Waals surface area contributed by atoms with Crippen molar-refractivity contribution in [2.45, 2.75) is 31.7 Å². The summed E-state index contributed by atoms with van der Waals surface area (Å²) in [5.74, 6) is 1.84. The number of methoxy groups -OCH3 is 2. The van der Waals surface area contributed by atoms with Gasteiger partial charge in [-0.15, -0.1) is 0 Å². The third-order valence-electron chi connectivity index (χ3n) is 6.12. The minimum Gasteiger partial charge on any atom is -0.497 e. The van der Waals surface area contributed by atoms with Crippen LogP contribution in [0, 0.1) is 5.92 Å². The van der Waals surface area contributed by atoms with Crippen molar-refractivity contribution in [1.29, 1.82) is 0 Å². The first-order chi connectivity index (χ1) is 15.2. The molecule has 160 valence electrons.